The zero-order chi connectivity index (χ0) is 12.8. The Morgan fingerprint density at radius 1 is 0.842 bits per heavy atom. The van der Waals surface area contributed by atoms with Crippen LogP contribution in [0.2, 0.25) is 0 Å². The summed E-state index contributed by atoms with van der Waals surface area (Å²) in [5.74, 6) is 0.542. The summed E-state index contributed by atoms with van der Waals surface area (Å²) >= 11 is 0. The largest absolute Gasteiger partial charge is 0.611 e. The number of hydrogen-bond donors (Lipinski definition) is 1. The molecular weight excluding hydrogens is 233 g/mol. The maximum absolute atomic E-state index is 6.08. The van der Waals surface area contributed by atoms with Crippen LogP contribution in [0.1, 0.15) is 13.8 Å². The van der Waals surface area contributed by atoms with Crippen LogP contribution in [0.15, 0.2) is 60.7 Å². The van der Waals surface area contributed by atoms with Crippen LogP contribution in [0.3, 0.4) is 0 Å². The SMILES string of the molecule is CC(C)CO[B-](c1ccccc1)c1ccccc1.[NH4+]. The molecule has 0 heterocycles. The molecule has 1 radical (unpaired) electrons. The van der Waals surface area contributed by atoms with E-state index in [4.69, 9.17) is 4.65 Å². The summed E-state index contributed by atoms with van der Waals surface area (Å²) in [6.07, 6.45) is 0. The fraction of sp³-hybridized carbons (Fsp3) is 0.250. The van der Waals surface area contributed by atoms with Gasteiger partial charge in [-0.2, -0.15) is 0 Å². The van der Waals surface area contributed by atoms with Crippen LogP contribution in [0.4, 0.5) is 0 Å². The molecule has 2 nitrogen and oxygen atoms in total. The molecule has 101 valence electrons. The highest BCUT2D eigenvalue weighted by Crippen LogP contribution is 1.99. The van der Waals surface area contributed by atoms with Crippen molar-refractivity contribution in [2.24, 2.45) is 5.92 Å². The first-order valence-corrected chi connectivity index (χ1v) is 6.49. The molecule has 4 N–H and O–H groups in total. The molecule has 0 aliphatic carbocycles. The molecule has 0 spiro atoms. The second-order valence-corrected chi connectivity index (χ2v) is 4.93. The van der Waals surface area contributed by atoms with E-state index >= 15 is 0 Å². The Kier molecular flexibility index (Phi) is 6.33. The van der Waals surface area contributed by atoms with E-state index in [0.717, 1.165) is 6.61 Å². The monoisotopic (exact) mass is 256 g/mol. The highest BCUT2D eigenvalue weighted by atomic mass is 16.4. The average Bonchev–Trinajstić information content (AvgIpc) is 2.41. The van der Waals surface area contributed by atoms with Crippen molar-refractivity contribution in [3.05, 3.63) is 60.7 Å². The van der Waals surface area contributed by atoms with Crippen molar-refractivity contribution in [3.63, 3.8) is 0 Å². The van der Waals surface area contributed by atoms with Crippen molar-refractivity contribution in [2.45, 2.75) is 13.8 Å². The summed E-state index contributed by atoms with van der Waals surface area (Å²) in [7, 11) is 0. The highest BCUT2D eigenvalue weighted by Gasteiger charge is 2.04. The Labute approximate surface area is 116 Å². The van der Waals surface area contributed by atoms with Gasteiger partial charge in [0.15, 0.2) is 0 Å². The third-order valence-electron chi connectivity index (χ3n) is 2.80. The van der Waals surface area contributed by atoms with Gasteiger partial charge in [-0.1, -0.05) is 74.5 Å². The van der Waals surface area contributed by atoms with Crippen molar-refractivity contribution < 1.29 is 4.65 Å². The van der Waals surface area contributed by atoms with Gasteiger partial charge >= 0.3 is 0 Å². The molecule has 3 heteroatoms. The average molecular weight is 256 g/mol. The van der Waals surface area contributed by atoms with E-state index in [-0.39, 0.29) is 13.1 Å². The standard InChI is InChI=1S/C16H19BO.H3N/c1-14(2)13-18-17(15-9-5-3-6-10-15)16-11-7-4-8-12-16;/h3-12,14H,13H2,1-2H3;1H3/q-1;/p+1. The molecule has 0 unspecified atom stereocenters. The minimum Gasteiger partial charge on any atom is -0.611 e. The third-order valence-corrected chi connectivity index (χ3v) is 2.80. The fourth-order valence-electron chi connectivity index (χ4n) is 1.93. The molecule has 2 rings (SSSR count). The van der Waals surface area contributed by atoms with Gasteiger partial charge in [0.2, 0.25) is 0 Å². The molecule has 0 aromatic heterocycles. The van der Waals surface area contributed by atoms with Crippen LogP contribution in [0, 0.1) is 5.92 Å². The molecule has 2 aromatic carbocycles. The van der Waals surface area contributed by atoms with Gasteiger partial charge in [-0.15, -0.1) is 0 Å². The van der Waals surface area contributed by atoms with E-state index < -0.39 is 0 Å². The number of rotatable bonds is 5. The van der Waals surface area contributed by atoms with E-state index in [9.17, 15) is 0 Å². The summed E-state index contributed by atoms with van der Waals surface area (Å²) in [5, 5.41) is 0. The minimum absolute atomic E-state index is 0. The van der Waals surface area contributed by atoms with E-state index in [1.54, 1.807) is 0 Å². The van der Waals surface area contributed by atoms with Crippen LogP contribution in [0.5, 0.6) is 0 Å². The van der Waals surface area contributed by atoms with Gasteiger partial charge in [0.05, 0.1) is 6.92 Å². The lowest BCUT2D eigenvalue weighted by molar-refractivity contribution is 0.282. The summed E-state index contributed by atoms with van der Waals surface area (Å²) in [4.78, 5) is 0. The van der Waals surface area contributed by atoms with Crippen molar-refractivity contribution in [1.82, 2.24) is 6.15 Å². The second-order valence-electron chi connectivity index (χ2n) is 4.93. The van der Waals surface area contributed by atoms with Crippen LogP contribution in [0.25, 0.3) is 0 Å². The Morgan fingerprint density at radius 3 is 1.63 bits per heavy atom. The molecule has 19 heavy (non-hydrogen) atoms. The molecule has 0 saturated heterocycles. The lowest BCUT2D eigenvalue weighted by atomic mass is 9.55. The Balaban J connectivity index is 0.00000180. The lowest BCUT2D eigenvalue weighted by Gasteiger charge is -2.31. The summed E-state index contributed by atoms with van der Waals surface area (Å²) < 4.78 is 6.08. The minimum atomic E-state index is 0. The van der Waals surface area contributed by atoms with Gasteiger partial charge in [0.25, 0.3) is 0 Å². The van der Waals surface area contributed by atoms with Gasteiger partial charge in [0.1, 0.15) is 0 Å². The summed E-state index contributed by atoms with van der Waals surface area (Å²) in [6, 6.07) is 20.8. The van der Waals surface area contributed by atoms with Gasteiger partial charge < -0.3 is 10.8 Å². The summed E-state index contributed by atoms with van der Waals surface area (Å²) in [6.45, 7) is 5.16. The smallest absolute Gasteiger partial charge is 0.0633 e. The van der Waals surface area contributed by atoms with E-state index in [0.29, 0.717) is 5.92 Å². The molecule has 2 aromatic rings. The van der Waals surface area contributed by atoms with Crippen molar-refractivity contribution in [2.75, 3.05) is 6.61 Å². The topological polar surface area (TPSA) is 45.7 Å². The first kappa shape index (κ1) is 15.5. The number of quaternary nitrogens is 1. The van der Waals surface area contributed by atoms with Crippen LogP contribution >= 0.6 is 0 Å². The van der Waals surface area contributed by atoms with E-state index in [1.165, 1.54) is 10.9 Å². The molecule has 0 bridgehead atoms. The molecule has 0 amide bonds. The Bertz CT molecular complexity index is 419. The Hall–Kier alpha value is -1.58. The van der Waals surface area contributed by atoms with Crippen LogP contribution < -0.4 is 17.1 Å². The first-order valence-electron chi connectivity index (χ1n) is 6.49. The maximum atomic E-state index is 6.08. The number of benzene rings is 2. The van der Waals surface area contributed by atoms with Gasteiger partial charge in [-0.25, -0.2) is 10.9 Å². The number of hydrogen-bond acceptors (Lipinski definition) is 1. The zero-order valence-electron chi connectivity index (χ0n) is 12.0. The van der Waals surface area contributed by atoms with Crippen molar-refractivity contribution in [3.8, 4) is 0 Å². The van der Waals surface area contributed by atoms with E-state index in [2.05, 4.69) is 62.4 Å². The highest BCUT2D eigenvalue weighted by molar-refractivity contribution is 6.80. The molecule has 0 saturated carbocycles. The molecule has 0 atom stereocenters. The Morgan fingerprint density at radius 2 is 1.26 bits per heavy atom. The summed E-state index contributed by atoms with van der Waals surface area (Å²) in [5.41, 5.74) is 2.42. The molecule has 0 fully saturated rings. The van der Waals surface area contributed by atoms with Gasteiger partial charge in [-0.3, -0.25) is 0 Å². The zero-order valence-corrected chi connectivity index (χ0v) is 12.0. The second kappa shape index (κ2) is 7.77. The van der Waals surface area contributed by atoms with Crippen molar-refractivity contribution >= 4 is 17.8 Å². The van der Waals surface area contributed by atoms with Gasteiger partial charge in [0, 0.05) is 6.61 Å². The first-order chi connectivity index (χ1) is 8.77. The quantitative estimate of drug-likeness (QED) is 0.821. The molecule has 0 aliphatic heterocycles. The normalized spacial score (nSPS) is 10.5. The van der Waals surface area contributed by atoms with Crippen LogP contribution in [-0.4, -0.2) is 13.5 Å². The molecular formula is C16H23BNO. The fourth-order valence-corrected chi connectivity index (χ4v) is 1.93. The predicted molar refractivity (Wildman–Crippen MR) is 84.7 cm³/mol. The predicted octanol–water partition coefficient (Wildman–Crippen LogP) is 2.84. The van der Waals surface area contributed by atoms with E-state index in [1.807, 2.05) is 12.1 Å². The lowest BCUT2D eigenvalue weighted by Crippen LogP contribution is -2.45. The maximum Gasteiger partial charge on any atom is 0.0633 e. The van der Waals surface area contributed by atoms with Crippen molar-refractivity contribution in [1.29, 1.82) is 0 Å². The third kappa shape index (κ3) is 4.54. The van der Waals surface area contributed by atoms with Gasteiger partial charge in [-0.05, 0) is 5.92 Å². The van der Waals surface area contributed by atoms with Crippen LogP contribution in [-0.2, 0) is 4.65 Å². The molecule has 0 aliphatic rings.